The van der Waals surface area contributed by atoms with Crippen molar-refractivity contribution in [3.63, 3.8) is 0 Å². The van der Waals surface area contributed by atoms with Crippen molar-refractivity contribution in [1.29, 1.82) is 0 Å². The van der Waals surface area contributed by atoms with Crippen LogP contribution in [0.1, 0.15) is 29.3 Å². The molecule has 1 aromatic carbocycles. The number of aromatic nitrogens is 2. The second-order valence-corrected chi connectivity index (χ2v) is 6.53. The van der Waals surface area contributed by atoms with Gasteiger partial charge in [0.15, 0.2) is 0 Å². The molecule has 8 heteroatoms. The number of aryl methyl sites for hydroxylation is 3. The Balaban J connectivity index is 1.90. The Hall–Kier alpha value is -2.29. The zero-order chi connectivity index (χ0) is 19.0. The largest absolute Gasteiger partial charge is 0.436 e. The van der Waals surface area contributed by atoms with Gasteiger partial charge in [0, 0.05) is 6.42 Å². The Morgan fingerprint density at radius 2 is 2.00 bits per heavy atom. The predicted molar refractivity (Wildman–Crippen MR) is 90.8 cm³/mol. The van der Waals surface area contributed by atoms with Crippen LogP contribution in [0.3, 0.4) is 0 Å². The van der Waals surface area contributed by atoms with Crippen molar-refractivity contribution in [3.8, 4) is 11.6 Å². The first kappa shape index (κ1) is 18.5. The molecule has 26 heavy (non-hydrogen) atoms. The van der Waals surface area contributed by atoms with Gasteiger partial charge in [0.25, 0.3) is 5.88 Å². The number of benzene rings is 1. The SMILES string of the molecule is Cc1cc(C)c(Oc2nc(=O)n([C@H]3C[C@H](O)[C@@H](CO)O3)cc2F)c(C)c1. The fourth-order valence-corrected chi connectivity index (χ4v) is 3.18. The summed E-state index contributed by atoms with van der Waals surface area (Å²) < 4.78 is 26.4. The summed E-state index contributed by atoms with van der Waals surface area (Å²) in [5.74, 6) is -0.792. The van der Waals surface area contributed by atoms with Gasteiger partial charge in [0.05, 0.1) is 18.9 Å². The zero-order valence-corrected chi connectivity index (χ0v) is 14.8. The third kappa shape index (κ3) is 3.48. The number of ether oxygens (including phenoxy) is 2. The maximum Gasteiger partial charge on any atom is 0.353 e. The summed E-state index contributed by atoms with van der Waals surface area (Å²) in [6, 6.07) is 3.79. The fraction of sp³-hybridized carbons (Fsp3) is 0.444. The van der Waals surface area contributed by atoms with Gasteiger partial charge in [-0.05, 0) is 31.9 Å². The molecule has 1 aliphatic rings. The minimum absolute atomic E-state index is 0.0582. The lowest BCUT2D eigenvalue weighted by atomic mass is 10.1. The Morgan fingerprint density at radius 1 is 1.35 bits per heavy atom. The minimum Gasteiger partial charge on any atom is -0.436 e. The molecule has 0 saturated carbocycles. The van der Waals surface area contributed by atoms with Crippen LogP contribution in [0, 0.1) is 26.6 Å². The first-order valence-electron chi connectivity index (χ1n) is 8.29. The van der Waals surface area contributed by atoms with Gasteiger partial charge in [0.1, 0.15) is 18.1 Å². The normalized spacial score (nSPS) is 22.6. The molecule has 0 amide bonds. The van der Waals surface area contributed by atoms with Crippen molar-refractivity contribution < 1.29 is 24.1 Å². The summed E-state index contributed by atoms with van der Waals surface area (Å²) in [4.78, 5) is 16.0. The monoisotopic (exact) mass is 364 g/mol. The average molecular weight is 364 g/mol. The standard InChI is InChI=1S/C18H21FN2O5/c1-9-4-10(2)16(11(3)5-9)26-17-12(19)7-21(18(24)20-17)15-6-13(23)14(8-22)25-15/h4-5,7,13-15,22-23H,6,8H2,1-3H3/t13-,14+,15+/m0/s1. The molecule has 3 atom stereocenters. The molecule has 2 aromatic rings. The molecule has 1 saturated heterocycles. The fourth-order valence-electron chi connectivity index (χ4n) is 3.18. The number of halogens is 1. The van der Waals surface area contributed by atoms with Crippen LogP contribution >= 0.6 is 0 Å². The van der Waals surface area contributed by atoms with E-state index in [0.29, 0.717) is 5.75 Å². The van der Waals surface area contributed by atoms with Gasteiger partial charge in [-0.25, -0.2) is 4.79 Å². The molecule has 0 unspecified atom stereocenters. The van der Waals surface area contributed by atoms with E-state index in [2.05, 4.69) is 4.98 Å². The van der Waals surface area contributed by atoms with E-state index in [1.807, 2.05) is 32.9 Å². The highest BCUT2D eigenvalue weighted by atomic mass is 19.1. The average Bonchev–Trinajstić information content (AvgIpc) is 2.94. The van der Waals surface area contributed by atoms with Gasteiger partial charge in [-0.3, -0.25) is 4.57 Å². The van der Waals surface area contributed by atoms with Crippen LogP contribution in [0.5, 0.6) is 11.6 Å². The van der Waals surface area contributed by atoms with Crippen LogP contribution in [0.2, 0.25) is 0 Å². The van der Waals surface area contributed by atoms with Crippen molar-refractivity contribution in [2.75, 3.05) is 6.61 Å². The van der Waals surface area contributed by atoms with Gasteiger partial charge >= 0.3 is 5.69 Å². The lowest BCUT2D eigenvalue weighted by Crippen LogP contribution is -2.28. The van der Waals surface area contributed by atoms with Crippen molar-refractivity contribution >= 4 is 0 Å². The summed E-state index contributed by atoms with van der Waals surface area (Å²) in [6.45, 7) is 5.21. The number of rotatable bonds is 4. The smallest absolute Gasteiger partial charge is 0.353 e. The molecule has 0 spiro atoms. The molecule has 0 bridgehead atoms. The molecular formula is C18H21FN2O5. The van der Waals surface area contributed by atoms with Crippen molar-refractivity contribution in [2.24, 2.45) is 0 Å². The summed E-state index contributed by atoms with van der Waals surface area (Å²) in [7, 11) is 0. The number of aliphatic hydroxyl groups excluding tert-OH is 2. The topological polar surface area (TPSA) is 93.8 Å². The van der Waals surface area contributed by atoms with E-state index in [1.165, 1.54) is 0 Å². The molecule has 3 rings (SSSR count). The molecule has 140 valence electrons. The van der Waals surface area contributed by atoms with Crippen molar-refractivity contribution in [3.05, 3.63) is 51.3 Å². The highest BCUT2D eigenvalue weighted by molar-refractivity contribution is 5.44. The zero-order valence-electron chi connectivity index (χ0n) is 14.8. The summed E-state index contributed by atoms with van der Waals surface area (Å²) in [5.41, 5.74) is 1.90. The summed E-state index contributed by atoms with van der Waals surface area (Å²) >= 11 is 0. The van der Waals surface area contributed by atoms with Gasteiger partial charge < -0.3 is 19.7 Å². The second-order valence-electron chi connectivity index (χ2n) is 6.53. The van der Waals surface area contributed by atoms with Gasteiger partial charge in [0.2, 0.25) is 5.82 Å². The predicted octanol–water partition coefficient (Wildman–Crippen LogP) is 1.74. The van der Waals surface area contributed by atoms with E-state index < -0.39 is 42.4 Å². The first-order chi connectivity index (χ1) is 12.3. The highest BCUT2D eigenvalue weighted by Crippen LogP contribution is 2.31. The molecular weight excluding hydrogens is 343 g/mol. The van der Waals surface area contributed by atoms with E-state index in [4.69, 9.17) is 14.6 Å². The minimum atomic E-state index is -0.936. The van der Waals surface area contributed by atoms with Crippen molar-refractivity contribution in [1.82, 2.24) is 9.55 Å². The lowest BCUT2D eigenvalue weighted by molar-refractivity contribution is -0.0462. The van der Waals surface area contributed by atoms with E-state index in [1.54, 1.807) is 0 Å². The number of aliphatic hydroxyl groups is 2. The van der Waals surface area contributed by atoms with Crippen LogP contribution < -0.4 is 10.4 Å². The lowest BCUT2D eigenvalue weighted by Gasteiger charge is -2.16. The molecule has 1 fully saturated rings. The van der Waals surface area contributed by atoms with Gasteiger partial charge in [-0.15, -0.1) is 0 Å². The maximum atomic E-state index is 14.5. The van der Waals surface area contributed by atoms with E-state index in [-0.39, 0.29) is 6.42 Å². The Bertz CT molecular complexity index is 859. The highest BCUT2D eigenvalue weighted by Gasteiger charge is 2.35. The van der Waals surface area contributed by atoms with Crippen LogP contribution in [-0.4, -0.2) is 38.6 Å². The Morgan fingerprint density at radius 3 is 2.58 bits per heavy atom. The third-order valence-electron chi connectivity index (χ3n) is 4.37. The Kier molecular flexibility index (Phi) is 5.08. The molecule has 2 heterocycles. The molecule has 7 nitrogen and oxygen atoms in total. The molecule has 1 aliphatic heterocycles. The van der Waals surface area contributed by atoms with Crippen LogP contribution in [-0.2, 0) is 4.74 Å². The quantitative estimate of drug-likeness (QED) is 0.858. The van der Waals surface area contributed by atoms with Gasteiger partial charge in [-0.2, -0.15) is 9.37 Å². The van der Waals surface area contributed by atoms with E-state index in [0.717, 1.165) is 27.5 Å². The first-order valence-corrected chi connectivity index (χ1v) is 8.29. The maximum absolute atomic E-state index is 14.5. The van der Waals surface area contributed by atoms with E-state index in [9.17, 15) is 14.3 Å². The summed E-state index contributed by atoms with van der Waals surface area (Å²) in [5, 5.41) is 18.9. The van der Waals surface area contributed by atoms with E-state index >= 15 is 0 Å². The number of hydrogen-bond donors (Lipinski definition) is 2. The molecule has 0 radical (unpaired) electrons. The molecule has 0 aliphatic carbocycles. The second kappa shape index (κ2) is 7.14. The van der Waals surface area contributed by atoms with Gasteiger partial charge in [-0.1, -0.05) is 17.7 Å². The molecule has 2 N–H and O–H groups in total. The number of nitrogens with zero attached hydrogens (tertiary/aromatic N) is 2. The van der Waals surface area contributed by atoms with Crippen molar-refractivity contribution in [2.45, 2.75) is 45.6 Å². The molecule has 1 aromatic heterocycles. The third-order valence-corrected chi connectivity index (χ3v) is 4.37. The van der Waals surface area contributed by atoms with Crippen LogP contribution in [0.15, 0.2) is 23.1 Å². The Labute approximate surface area is 149 Å². The van der Waals surface area contributed by atoms with Crippen LogP contribution in [0.4, 0.5) is 4.39 Å². The van der Waals surface area contributed by atoms with Crippen LogP contribution in [0.25, 0.3) is 0 Å². The summed E-state index contributed by atoms with van der Waals surface area (Å²) in [6.07, 6.45) is -1.64. The number of hydrogen-bond acceptors (Lipinski definition) is 6.